The van der Waals surface area contributed by atoms with Crippen LogP contribution in [0.5, 0.6) is 0 Å². The fourth-order valence-corrected chi connectivity index (χ4v) is 0. The summed E-state index contributed by atoms with van der Waals surface area (Å²) in [5, 5.41) is 0. The first-order chi connectivity index (χ1) is 3.97. The molecule has 1 N–H and O–H groups in total. The maximum absolute atomic E-state index is 6.86. The molecule has 0 unspecified atom stereocenters. The highest BCUT2D eigenvalue weighted by Gasteiger charge is 1.97. The summed E-state index contributed by atoms with van der Waals surface area (Å²) in [6, 6.07) is 0. The molecule has 0 radical (unpaired) electrons. The van der Waals surface area contributed by atoms with Crippen molar-refractivity contribution in [2.75, 3.05) is 27.7 Å². The van der Waals surface area contributed by atoms with Gasteiger partial charge in [0.2, 0.25) is 0 Å². The first-order valence-electron chi connectivity index (χ1n) is 2.79. The average Bonchev–Trinajstić information content (AvgIpc) is 1.67. The van der Waals surface area contributed by atoms with Crippen LogP contribution >= 0.6 is 0 Å². The van der Waals surface area contributed by atoms with E-state index in [4.69, 9.17) is 11.1 Å². The minimum absolute atomic E-state index is 1.07. The maximum Gasteiger partial charge on any atom is 0.0751 e. The Morgan fingerprint density at radius 2 is 1.56 bits per heavy atom. The van der Waals surface area contributed by atoms with Crippen molar-refractivity contribution in [3.63, 3.8) is 0 Å². The first-order valence-corrected chi connectivity index (χ1v) is 2.79. The van der Waals surface area contributed by atoms with Crippen molar-refractivity contribution in [1.29, 1.82) is 5.53 Å². The fraction of sp³-hybridized carbons (Fsp3) is 1.00. The Kier molecular flexibility index (Phi) is 6.68. The van der Waals surface area contributed by atoms with Crippen LogP contribution in [-0.4, -0.2) is 32.2 Å². The number of nitrogens with zero attached hydrogens (tertiary/aromatic N) is 3. The van der Waals surface area contributed by atoms with E-state index in [0.717, 1.165) is 4.48 Å². The first kappa shape index (κ1) is 11.1. The second kappa shape index (κ2) is 5.41. The van der Waals surface area contributed by atoms with Gasteiger partial charge in [-0.15, -0.1) is 5.53 Å². The van der Waals surface area contributed by atoms with E-state index in [1.807, 2.05) is 0 Å². The Balaban J connectivity index is 0. The molecule has 0 aromatic rings. The van der Waals surface area contributed by atoms with Gasteiger partial charge in [-0.2, -0.15) is 0 Å². The van der Waals surface area contributed by atoms with Crippen LogP contribution in [0.1, 0.15) is 6.92 Å². The Morgan fingerprint density at radius 3 is 1.56 bits per heavy atom. The van der Waals surface area contributed by atoms with Crippen molar-refractivity contribution < 1.29 is 4.48 Å². The molecule has 54 valence electrons. The summed E-state index contributed by atoms with van der Waals surface area (Å²) >= 11 is 0. The second-order valence-corrected chi connectivity index (χ2v) is 2.71. The van der Waals surface area contributed by atoms with Gasteiger partial charge >= 0.3 is 0 Å². The van der Waals surface area contributed by atoms with Gasteiger partial charge in [-0.25, -0.2) is 0 Å². The number of rotatable bonds is 1. The van der Waals surface area contributed by atoms with E-state index in [0.29, 0.717) is 0 Å². The van der Waals surface area contributed by atoms with E-state index in [-0.39, 0.29) is 0 Å². The zero-order chi connectivity index (χ0) is 7.91. The lowest BCUT2D eigenvalue weighted by molar-refractivity contribution is -0.868. The molecular weight excluding hydrogens is 116 g/mol. The lowest BCUT2D eigenvalue weighted by Gasteiger charge is -2.20. The summed E-state index contributed by atoms with van der Waals surface area (Å²) in [5.74, 6) is 0. The molecule has 0 aliphatic carbocycles. The number of quaternary nitrogens is 1. The number of nitrogens with one attached hydrogen (secondary N) is 1. The lowest BCUT2D eigenvalue weighted by atomic mass is 10.6. The van der Waals surface area contributed by atoms with Crippen LogP contribution in [-0.2, 0) is 0 Å². The molecule has 0 aromatic carbocycles. The third kappa shape index (κ3) is 39.2. The van der Waals surface area contributed by atoms with E-state index in [1.165, 1.54) is 6.54 Å². The summed E-state index contributed by atoms with van der Waals surface area (Å²) in [6.45, 7) is 3.39. The number of hydrogen-bond acceptors (Lipinski definition) is 1. The predicted molar refractivity (Wildman–Crippen MR) is 38.0 cm³/mol. The molecule has 0 atom stereocenters. The van der Waals surface area contributed by atoms with E-state index >= 15 is 0 Å². The van der Waals surface area contributed by atoms with Gasteiger partial charge in [0.15, 0.2) is 0 Å². The van der Waals surface area contributed by atoms with Gasteiger partial charge in [-0.3, -0.25) is 0 Å². The van der Waals surface area contributed by atoms with Gasteiger partial charge in [0.05, 0.1) is 27.7 Å². The second-order valence-electron chi connectivity index (χ2n) is 2.71. The predicted octanol–water partition coefficient (Wildman–Crippen LogP) is 1.59. The summed E-state index contributed by atoms with van der Waals surface area (Å²) in [7, 11) is 6.54. The smallest absolute Gasteiger partial charge is 0.0751 e. The zero-order valence-electron chi connectivity index (χ0n) is 6.55. The fourth-order valence-electron chi connectivity index (χ4n) is 0. The summed E-state index contributed by atoms with van der Waals surface area (Å²) in [6.07, 6.45) is 0. The van der Waals surface area contributed by atoms with Gasteiger partial charge in [-0.1, -0.05) is 0 Å². The van der Waals surface area contributed by atoms with E-state index in [9.17, 15) is 0 Å². The molecule has 0 aliphatic heterocycles. The van der Waals surface area contributed by atoms with Crippen molar-refractivity contribution in [1.82, 2.24) is 0 Å². The third-order valence-corrected chi connectivity index (χ3v) is 0.949. The van der Waals surface area contributed by atoms with Crippen molar-refractivity contribution in [3.05, 3.63) is 10.4 Å². The van der Waals surface area contributed by atoms with Crippen molar-refractivity contribution in [2.24, 2.45) is 0 Å². The molecule has 0 fully saturated rings. The molecule has 0 saturated heterocycles. The molecular formula is C5H15N4+. The maximum atomic E-state index is 6.86. The molecule has 4 heteroatoms. The molecule has 0 amide bonds. The minimum Gasteiger partial charge on any atom is -0.331 e. The largest absolute Gasteiger partial charge is 0.331 e. The van der Waals surface area contributed by atoms with Gasteiger partial charge in [0.1, 0.15) is 0 Å². The Labute approximate surface area is 56.1 Å². The Morgan fingerprint density at radius 1 is 1.44 bits per heavy atom. The van der Waals surface area contributed by atoms with Crippen LogP contribution in [0.25, 0.3) is 10.4 Å². The van der Waals surface area contributed by atoms with Crippen LogP contribution in [0.15, 0.2) is 0 Å². The zero-order valence-corrected chi connectivity index (χ0v) is 6.55. The summed E-state index contributed by atoms with van der Waals surface area (Å²) in [5.41, 5.74) is 12.2. The van der Waals surface area contributed by atoms with Gasteiger partial charge in [-0.05, 0) is 17.4 Å². The summed E-state index contributed by atoms with van der Waals surface area (Å²) in [4.78, 5) is 1.75. The molecule has 0 spiro atoms. The van der Waals surface area contributed by atoms with Crippen LogP contribution < -0.4 is 0 Å². The highest BCUT2D eigenvalue weighted by molar-refractivity contribution is 4.18. The highest BCUT2D eigenvalue weighted by atomic mass is 15.3. The third-order valence-electron chi connectivity index (χ3n) is 0.949. The quantitative estimate of drug-likeness (QED) is 0.243. The SMILES string of the molecule is CC[N+](C)(C)C.[N-]=[N+]=N. The van der Waals surface area contributed by atoms with Gasteiger partial charge < -0.3 is 4.48 Å². The van der Waals surface area contributed by atoms with E-state index in [2.05, 4.69) is 28.1 Å². The van der Waals surface area contributed by atoms with Crippen molar-refractivity contribution in [3.8, 4) is 0 Å². The molecule has 4 nitrogen and oxygen atoms in total. The topological polar surface area (TPSA) is 60.3 Å². The standard InChI is InChI=1S/C5H14N.HN3/c1-5-6(2,3)4;1-3-2/h5H2,1-4H3;1H/q+1;. The minimum atomic E-state index is 1.07. The molecule has 0 saturated carbocycles. The monoisotopic (exact) mass is 131 g/mol. The van der Waals surface area contributed by atoms with Gasteiger partial charge in [0.25, 0.3) is 0 Å². The molecule has 0 bridgehead atoms. The van der Waals surface area contributed by atoms with Crippen LogP contribution in [0.2, 0.25) is 0 Å². The number of hydrogen-bond donors (Lipinski definition) is 1. The van der Waals surface area contributed by atoms with Gasteiger partial charge in [0, 0.05) is 0 Å². The van der Waals surface area contributed by atoms with E-state index in [1.54, 1.807) is 4.91 Å². The van der Waals surface area contributed by atoms with Crippen LogP contribution in [0.3, 0.4) is 0 Å². The van der Waals surface area contributed by atoms with Crippen molar-refractivity contribution in [2.45, 2.75) is 6.92 Å². The van der Waals surface area contributed by atoms with E-state index < -0.39 is 0 Å². The molecule has 0 rings (SSSR count). The molecule has 0 aliphatic rings. The highest BCUT2D eigenvalue weighted by Crippen LogP contribution is 1.83. The molecule has 0 heterocycles. The summed E-state index contributed by atoms with van der Waals surface area (Å²) < 4.78 is 1.07. The van der Waals surface area contributed by atoms with Crippen LogP contribution in [0.4, 0.5) is 0 Å². The average molecular weight is 131 g/mol. The normalized spacial score (nSPS) is 8.89. The molecule has 0 aromatic heterocycles. The van der Waals surface area contributed by atoms with Crippen molar-refractivity contribution >= 4 is 0 Å². The van der Waals surface area contributed by atoms with Crippen LogP contribution in [0, 0.1) is 5.53 Å². The Bertz CT molecular complexity index is 85.6. The lowest BCUT2D eigenvalue weighted by Crippen LogP contribution is -2.33. The Hall–Kier alpha value is -0.730. The molecule has 9 heavy (non-hydrogen) atoms.